The summed E-state index contributed by atoms with van der Waals surface area (Å²) in [5, 5.41) is 8.39. The van der Waals surface area contributed by atoms with Gasteiger partial charge in [-0.1, -0.05) is 0 Å². The zero-order chi connectivity index (χ0) is 9.84. The van der Waals surface area contributed by atoms with Gasteiger partial charge in [0, 0.05) is 0 Å². The minimum absolute atomic E-state index is 0.0843. The van der Waals surface area contributed by atoms with Crippen molar-refractivity contribution in [3.8, 4) is 0 Å². The first-order chi connectivity index (χ1) is 6.13. The largest absolute Gasteiger partial charge is 0.345 e. The number of carbonyl (C=O) groups excluding carboxylic acids is 1. The van der Waals surface area contributed by atoms with Crippen molar-refractivity contribution in [3.05, 3.63) is 16.3 Å². The van der Waals surface area contributed by atoms with Gasteiger partial charge in [-0.3, -0.25) is 9.78 Å². The van der Waals surface area contributed by atoms with Crippen molar-refractivity contribution >= 4 is 5.91 Å². The summed E-state index contributed by atoms with van der Waals surface area (Å²) in [6.07, 6.45) is 0. The van der Waals surface area contributed by atoms with Crippen LogP contribution >= 0.6 is 0 Å². The van der Waals surface area contributed by atoms with E-state index in [4.69, 9.17) is 5.73 Å². The Balaban J connectivity index is 2.63. The van der Waals surface area contributed by atoms with Crippen LogP contribution in [0.15, 0.2) is 4.79 Å². The third-order valence-corrected chi connectivity index (χ3v) is 1.49. The molecule has 0 saturated carbocycles. The van der Waals surface area contributed by atoms with Gasteiger partial charge in [0.2, 0.25) is 5.91 Å². The van der Waals surface area contributed by atoms with Crippen molar-refractivity contribution in [3.63, 3.8) is 0 Å². The van der Waals surface area contributed by atoms with Gasteiger partial charge in [0.15, 0.2) is 5.82 Å². The standard InChI is InChI=1S/C6H11N5O2/c1-3(8-4(12)2-7)5-9-6(13)11-10-5/h3H,2,7H2,1H3,(H,8,12)(H2,9,10,11,13). The van der Waals surface area contributed by atoms with E-state index in [-0.39, 0.29) is 18.5 Å². The molecule has 0 aliphatic carbocycles. The average molecular weight is 185 g/mol. The van der Waals surface area contributed by atoms with E-state index >= 15 is 0 Å². The topological polar surface area (TPSA) is 117 Å². The normalized spacial score (nSPS) is 12.5. The first-order valence-corrected chi connectivity index (χ1v) is 3.77. The fourth-order valence-electron chi connectivity index (χ4n) is 0.857. The highest BCUT2D eigenvalue weighted by atomic mass is 16.2. The van der Waals surface area contributed by atoms with Crippen LogP contribution in [0.4, 0.5) is 0 Å². The molecule has 0 fully saturated rings. The summed E-state index contributed by atoms with van der Waals surface area (Å²) in [7, 11) is 0. The molecule has 0 bridgehead atoms. The molecular formula is C6H11N5O2. The van der Waals surface area contributed by atoms with E-state index in [1.54, 1.807) is 6.92 Å². The van der Waals surface area contributed by atoms with Gasteiger partial charge in [0.25, 0.3) is 0 Å². The zero-order valence-corrected chi connectivity index (χ0v) is 7.13. The summed E-state index contributed by atoms with van der Waals surface area (Å²) in [6.45, 7) is 1.61. The van der Waals surface area contributed by atoms with Crippen LogP contribution in [0.5, 0.6) is 0 Å². The smallest absolute Gasteiger partial charge is 0.340 e. The molecule has 0 aromatic carbocycles. The summed E-state index contributed by atoms with van der Waals surface area (Å²) < 4.78 is 0. The third kappa shape index (κ3) is 2.41. The molecule has 7 nitrogen and oxygen atoms in total. The second-order valence-corrected chi connectivity index (χ2v) is 2.56. The molecule has 13 heavy (non-hydrogen) atoms. The number of aromatic nitrogens is 3. The lowest BCUT2D eigenvalue weighted by Crippen LogP contribution is -2.33. The number of hydrogen-bond acceptors (Lipinski definition) is 4. The van der Waals surface area contributed by atoms with Gasteiger partial charge in [-0.15, -0.1) is 0 Å². The van der Waals surface area contributed by atoms with Crippen LogP contribution in [0, 0.1) is 0 Å². The van der Waals surface area contributed by atoms with Gasteiger partial charge in [-0.05, 0) is 6.92 Å². The second kappa shape index (κ2) is 3.85. The molecule has 7 heteroatoms. The maximum Gasteiger partial charge on any atom is 0.340 e. The first kappa shape index (κ1) is 9.46. The Morgan fingerprint density at radius 1 is 1.77 bits per heavy atom. The van der Waals surface area contributed by atoms with Crippen molar-refractivity contribution in [2.24, 2.45) is 5.73 Å². The van der Waals surface area contributed by atoms with Crippen molar-refractivity contribution in [1.29, 1.82) is 0 Å². The number of hydrogen-bond donors (Lipinski definition) is 4. The molecule has 0 aliphatic heterocycles. The lowest BCUT2D eigenvalue weighted by molar-refractivity contribution is -0.120. The first-order valence-electron chi connectivity index (χ1n) is 3.77. The quantitative estimate of drug-likeness (QED) is 0.446. The molecule has 0 spiro atoms. The molecule has 0 aliphatic rings. The summed E-state index contributed by atoms with van der Waals surface area (Å²) in [5.74, 6) is 0.0862. The minimum Gasteiger partial charge on any atom is -0.345 e. The summed E-state index contributed by atoms with van der Waals surface area (Å²) in [6, 6.07) is -0.352. The van der Waals surface area contributed by atoms with Crippen LogP contribution in [0.3, 0.4) is 0 Å². The number of nitrogens with one attached hydrogen (secondary N) is 3. The van der Waals surface area contributed by atoms with Crippen LogP contribution in [0.1, 0.15) is 18.8 Å². The number of carbonyl (C=O) groups is 1. The molecule has 72 valence electrons. The average Bonchev–Trinajstić information content (AvgIpc) is 2.51. The number of rotatable bonds is 3. The number of nitrogens with two attached hydrogens (primary N) is 1. The second-order valence-electron chi connectivity index (χ2n) is 2.56. The number of H-pyrrole nitrogens is 2. The molecular weight excluding hydrogens is 174 g/mol. The van der Waals surface area contributed by atoms with Gasteiger partial charge in [-0.2, -0.15) is 5.10 Å². The fraction of sp³-hybridized carbons (Fsp3) is 0.500. The predicted molar refractivity (Wildman–Crippen MR) is 44.8 cm³/mol. The molecule has 1 amide bonds. The molecule has 1 aromatic rings. The van der Waals surface area contributed by atoms with E-state index in [2.05, 4.69) is 20.5 Å². The molecule has 0 saturated heterocycles. The van der Waals surface area contributed by atoms with Crippen molar-refractivity contribution in [1.82, 2.24) is 20.5 Å². The van der Waals surface area contributed by atoms with Crippen LogP contribution in [0.25, 0.3) is 0 Å². The van der Waals surface area contributed by atoms with Crippen LogP contribution in [-0.4, -0.2) is 27.6 Å². The number of amides is 1. The lowest BCUT2D eigenvalue weighted by atomic mass is 10.3. The molecule has 1 unspecified atom stereocenters. The molecule has 1 heterocycles. The highest BCUT2D eigenvalue weighted by Gasteiger charge is 2.10. The number of nitrogens with zero attached hydrogens (tertiary/aromatic N) is 1. The van der Waals surface area contributed by atoms with E-state index in [1.165, 1.54) is 0 Å². The van der Waals surface area contributed by atoms with Gasteiger partial charge in [0.1, 0.15) is 0 Å². The lowest BCUT2D eigenvalue weighted by Gasteiger charge is -2.08. The van der Waals surface area contributed by atoms with E-state index in [9.17, 15) is 9.59 Å². The Morgan fingerprint density at radius 2 is 2.46 bits per heavy atom. The van der Waals surface area contributed by atoms with Crippen LogP contribution < -0.4 is 16.7 Å². The van der Waals surface area contributed by atoms with Crippen molar-refractivity contribution in [2.45, 2.75) is 13.0 Å². The maximum atomic E-state index is 10.8. The third-order valence-electron chi connectivity index (χ3n) is 1.49. The zero-order valence-electron chi connectivity index (χ0n) is 7.13. The van der Waals surface area contributed by atoms with E-state index in [0.717, 1.165) is 0 Å². The Morgan fingerprint density at radius 3 is 2.92 bits per heavy atom. The highest BCUT2D eigenvalue weighted by Crippen LogP contribution is 2.01. The van der Waals surface area contributed by atoms with E-state index in [1.807, 2.05) is 0 Å². The van der Waals surface area contributed by atoms with Gasteiger partial charge < -0.3 is 11.1 Å². The van der Waals surface area contributed by atoms with Gasteiger partial charge >= 0.3 is 5.69 Å². The maximum absolute atomic E-state index is 10.8. The molecule has 5 N–H and O–H groups in total. The molecule has 0 radical (unpaired) electrons. The fourth-order valence-corrected chi connectivity index (χ4v) is 0.857. The highest BCUT2D eigenvalue weighted by molar-refractivity contribution is 5.78. The summed E-state index contributed by atoms with van der Waals surface area (Å²) in [5.41, 5.74) is 4.69. The SMILES string of the molecule is CC(NC(=O)CN)c1n[nH]c(=O)[nH]1. The Bertz CT molecular complexity index is 341. The Kier molecular flexibility index (Phi) is 2.80. The molecule has 1 rings (SSSR count). The van der Waals surface area contributed by atoms with E-state index < -0.39 is 5.69 Å². The van der Waals surface area contributed by atoms with Crippen LogP contribution in [0.2, 0.25) is 0 Å². The van der Waals surface area contributed by atoms with E-state index in [0.29, 0.717) is 5.82 Å². The van der Waals surface area contributed by atoms with Gasteiger partial charge in [-0.25, -0.2) is 9.89 Å². The Labute approximate surface area is 73.7 Å². The minimum atomic E-state index is -0.399. The monoisotopic (exact) mass is 185 g/mol. The summed E-state index contributed by atoms with van der Waals surface area (Å²) in [4.78, 5) is 23.9. The summed E-state index contributed by atoms with van der Waals surface area (Å²) >= 11 is 0. The molecule has 1 atom stereocenters. The number of aromatic amines is 2. The van der Waals surface area contributed by atoms with Gasteiger partial charge in [0.05, 0.1) is 12.6 Å². The van der Waals surface area contributed by atoms with Crippen molar-refractivity contribution < 1.29 is 4.79 Å². The van der Waals surface area contributed by atoms with Crippen molar-refractivity contribution in [2.75, 3.05) is 6.54 Å². The van der Waals surface area contributed by atoms with Crippen LogP contribution in [-0.2, 0) is 4.79 Å². The Hall–Kier alpha value is -1.63. The molecule has 1 aromatic heterocycles. The predicted octanol–water partition coefficient (Wildman–Crippen LogP) is -1.77.